The van der Waals surface area contributed by atoms with Gasteiger partial charge in [0, 0.05) is 18.9 Å². The number of pyridine rings is 1. The first-order chi connectivity index (χ1) is 11.5. The fourth-order valence-corrected chi connectivity index (χ4v) is 2.30. The molecule has 0 bridgehead atoms. The largest absolute Gasteiger partial charge is 0.471 e. The van der Waals surface area contributed by atoms with Crippen molar-refractivity contribution in [2.24, 2.45) is 0 Å². The smallest absolute Gasteiger partial charge is 0.252 e. The zero-order valence-corrected chi connectivity index (χ0v) is 12.5. The van der Waals surface area contributed by atoms with Gasteiger partial charge in [0.05, 0.1) is 5.69 Å². The van der Waals surface area contributed by atoms with E-state index in [1.165, 1.54) is 24.3 Å². The molecule has 1 saturated heterocycles. The average molecular weight is 333 g/mol. The van der Waals surface area contributed by atoms with E-state index in [0.717, 1.165) is 11.0 Å². The van der Waals surface area contributed by atoms with Crippen LogP contribution in [0.25, 0.3) is 0 Å². The first-order valence-electron chi connectivity index (χ1n) is 7.15. The summed E-state index contributed by atoms with van der Waals surface area (Å²) in [5.74, 6) is -2.65. The van der Waals surface area contributed by atoms with Gasteiger partial charge < -0.3 is 10.5 Å². The van der Waals surface area contributed by atoms with Gasteiger partial charge >= 0.3 is 0 Å². The number of carbonyl (C=O) groups is 2. The number of halogens is 2. The lowest BCUT2D eigenvalue weighted by Gasteiger charge is -2.16. The van der Waals surface area contributed by atoms with Crippen molar-refractivity contribution in [3.63, 3.8) is 0 Å². The molecule has 1 aromatic heterocycles. The Hall–Kier alpha value is -3.03. The van der Waals surface area contributed by atoms with Crippen LogP contribution in [0.3, 0.4) is 0 Å². The Morgan fingerprint density at radius 2 is 1.75 bits per heavy atom. The molecule has 0 radical (unpaired) electrons. The quantitative estimate of drug-likeness (QED) is 0.867. The summed E-state index contributed by atoms with van der Waals surface area (Å²) in [6, 6.07) is 6.41. The Bertz CT molecular complexity index is 793. The molecule has 1 aromatic carbocycles. The number of hydrogen-bond acceptors (Lipinski definition) is 5. The normalized spacial score (nSPS) is 14.3. The van der Waals surface area contributed by atoms with Crippen LogP contribution in [0, 0.1) is 11.6 Å². The molecule has 6 nitrogen and oxygen atoms in total. The van der Waals surface area contributed by atoms with Crippen LogP contribution in [0.5, 0.6) is 5.88 Å². The van der Waals surface area contributed by atoms with Crippen molar-refractivity contribution < 1.29 is 23.1 Å². The summed E-state index contributed by atoms with van der Waals surface area (Å²) >= 11 is 0. The van der Waals surface area contributed by atoms with Gasteiger partial charge in [0.15, 0.2) is 11.6 Å². The summed E-state index contributed by atoms with van der Waals surface area (Å²) in [7, 11) is 0. The molecular formula is C16H13F2N3O3. The van der Waals surface area contributed by atoms with Crippen molar-refractivity contribution >= 4 is 23.3 Å². The van der Waals surface area contributed by atoms with E-state index in [-0.39, 0.29) is 31.0 Å². The van der Waals surface area contributed by atoms with E-state index in [0.29, 0.717) is 5.56 Å². The number of nitrogens with two attached hydrogens (primary N) is 1. The van der Waals surface area contributed by atoms with Crippen LogP contribution in [-0.2, 0) is 16.2 Å². The number of hydrogen-bond donors (Lipinski definition) is 1. The summed E-state index contributed by atoms with van der Waals surface area (Å²) in [4.78, 5) is 28.3. The van der Waals surface area contributed by atoms with Gasteiger partial charge in [-0.05, 0) is 17.7 Å². The van der Waals surface area contributed by atoms with Crippen molar-refractivity contribution in [1.82, 2.24) is 4.98 Å². The molecule has 0 saturated carbocycles. The van der Waals surface area contributed by atoms with Gasteiger partial charge in [0.2, 0.25) is 11.8 Å². The van der Waals surface area contributed by atoms with E-state index in [1.54, 1.807) is 0 Å². The zero-order valence-electron chi connectivity index (χ0n) is 12.5. The Morgan fingerprint density at radius 1 is 1.12 bits per heavy atom. The molecule has 1 aliphatic rings. The molecule has 1 aliphatic heterocycles. The Morgan fingerprint density at radius 3 is 2.38 bits per heavy atom. The molecule has 0 atom stereocenters. The number of amides is 2. The predicted octanol–water partition coefficient (Wildman–Crippen LogP) is 2.17. The third-order valence-corrected chi connectivity index (χ3v) is 3.50. The second-order valence-corrected chi connectivity index (χ2v) is 5.23. The maximum Gasteiger partial charge on any atom is 0.252 e. The van der Waals surface area contributed by atoms with Crippen LogP contribution >= 0.6 is 0 Å². The zero-order chi connectivity index (χ0) is 17.3. The van der Waals surface area contributed by atoms with Crippen LogP contribution < -0.4 is 15.4 Å². The van der Waals surface area contributed by atoms with E-state index < -0.39 is 29.3 Å². The van der Waals surface area contributed by atoms with E-state index in [2.05, 4.69) is 4.98 Å². The fourth-order valence-electron chi connectivity index (χ4n) is 2.30. The van der Waals surface area contributed by atoms with Gasteiger partial charge in [-0.2, -0.15) is 4.98 Å². The number of benzene rings is 1. The summed E-state index contributed by atoms with van der Waals surface area (Å²) in [6.07, 6.45) is 0.117. The molecule has 0 unspecified atom stereocenters. The molecule has 24 heavy (non-hydrogen) atoms. The molecule has 0 aliphatic carbocycles. The van der Waals surface area contributed by atoms with Crippen molar-refractivity contribution in [2.45, 2.75) is 19.4 Å². The minimum atomic E-state index is -0.822. The lowest BCUT2D eigenvalue weighted by Crippen LogP contribution is -2.30. The van der Waals surface area contributed by atoms with Gasteiger partial charge in [-0.25, -0.2) is 13.7 Å². The molecular weight excluding hydrogens is 320 g/mol. The van der Waals surface area contributed by atoms with Crippen LogP contribution in [0.15, 0.2) is 30.3 Å². The van der Waals surface area contributed by atoms with E-state index >= 15 is 0 Å². The molecule has 0 spiro atoms. The van der Waals surface area contributed by atoms with E-state index in [4.69, 9.17) is 10.5 Å². The second kappa shape index (κ2) is 6.23. The molecule has 2 heterocycles. The molecule has 2 amide bonds. The molecule has 1 fully saturated rings. The minimum absolute atomic E-state index is 0.0586. The van der Waals surface area contributed by atoms with Gasteiger partial charge in [-0.1, -0.05) is 12.1 Å². The minimum Gasteiger partial charge on any atom is -0.471 e. The number of imide groups is 1. The molecule has 124 valence electrons. The topological polar surface area (TPSA) is 85.5 Å². The van der Waals surface area contributed by atoms with E-state index in [9.17, 15) is 18.4 Å². The summed E-state index contributed by atoms with van der Waals surface area (Å²) in [5, 5.41) is 0. The number of ether oxygens (including phenoxy) is 1. The van der Waals surface area contributed by atoms with Gasteiger partial charge in [0.1, 0.15) is 12.4 Å². The molecule has 3 rings (SSSR count). The van der Waals surface area contributed by atoms with Crippen molar-refractivity contribution in [3.05, 3.63) is 47.5 Å². The van der Waals surface area contributed by atoms with Crippen molar-refractivity contribution in [1.29, 1.82) is 0 Å². The van der Waals surface area contributed by atoms with Crippen LogP contribution in [0.4, 0.5) is 20.3 Å². The maximum absolute atomic E-state index is 14.0. The number of nitrogens with zero attached hydrogens (tertiary/aromatic N) is 2. The first kappa shape index (κ1) is 15.9. The highest BCUT2D eigenvalue weighted by atomic mass is 19.1. The van der Waals surface area contributed by atoms with Crippen molar-refractivity contribution in [2.75, 3.05) is 10.6 Å². The highest BCUT2D eigenvalue weighted by Gasteiger charge is 2.33. The lowest BCUT2D eigenvalue weighted by molar-refractivity contribution is -0.121. The Balaban J connectivity index is 1.85. The molecule has 8 heteroatoms. The van der Waals surface area contributed by atoms with Crippen LogP contribution in [0.2, 0.25) is 0 Å². The number of nitrogen functional groups attached to an aromatic ring is 1. The van der Waals surface area contributed by atoms with Crippen LogP contribution in [-0.4, -0.2) is 16.8 Å². The van der Waals surface area contributed by atoms with E-state index in [1.807, 2.05) is 0 Å². The lowest BCUT2D eigenvalue weighted by atomic mass is 10.2. The number of rotatable bonds is 4. The molecule has 2 N–H and O–H groups in total. The standard InChI is InChI=1S/C16H13F2N3O3/c17-10-3-1-9(2-4-10)8-24-16-11(18)7-12(19)15(20-16)21-13(22)5-6-14(21)23/h1-4,7H,5-6,8,19H2. The maximum atomic E-state index is 14.0. The number of aromatic nitrogens is 1. The van der Waals surface area contributed by atoms with Gasteiger partial charge in [-0.15, -0.1) is 0 Å². The van der Waals surface area contributed by atoms with Crippen LogP contribution in [0.1, 0.15) is 18.4 Å². The monoisotopic (exact) mass is 333 g/mol. The first-order valence-corrected chi connectivity index (χ1v) is 7.15. The number of carbonyl (C=O) groups excluding carboxylic acids is 2. The van der Waals surface area contributed by atoms with Gasteiger partial charge in [0.25, 0.3) is 5.88 Å². The molecule has 2 aromatic rings. The number of anilines is 2. The SMILES string of the molecule is Nc1cc(F)c(OCc2ccc(F)cc2)nc1N1C(=O)CCC1=O. The summed E-state index contributed by atoms with van der Waals surface area (Å²) < 4.78 is 32.1. The Kier molecular flexibility index (Phi) is 4.11. The Labute approximate surface area is 135 Å². The highest BCUT2D eigenvalue weighted by molar-refractivity contribution is 6.20. The summed E-state index contributed by atoms with van der Waals surface area (Å²) in [5.41, 5.74) is 6.14. The average Bonchev–Trinajstić information content (AvgIpc) is 2.87. The highest BCUT2D eigenvalue weighted by Crippen LogP contribution is 2.30. The third-order valence-electron chi connectivity index (χ3n) is 3.50. The van der Waals surface area contributed by atoms with Crippen molar-refractivity contribution in [3.8, 4) is 5.88 Å². The second-order valence-electron chi connectivity index (χ2n) is 5.23. The predicted molar refractivity (Wildman–Crippen MR) is 81.1 cm³/mol. The third kappa shape index (κ3) is 3.03. The van der Waals surface area contributed by atoms with Gasteiger partial charge in [-0.3, -0.25) is 9.59 Å². The summed E-state index contributed by atoms with van der Waals surface area (Å²) in [6.45, 7) is -0.0601. The fraction of sp³-hybridized carbons (Fsp3) is 0.188.